The highest BCUT2D eigenvalue weighted by Crippen LogP contribution is 2.41. The van der Waals surface area contributed by atoms with Crippen LogP contribution in [0.1, 0.15) is 11.4 Å². The average molecular weight is 384 g/mol. The van der Waals surface area contributed by atoms with Crippen LogP contribution in [-0.2, 0) is 6.18 Å². The third-order valence-corrected chi connectivity index (χ3v) is 4.46. The van der Waals surface area contributed by atoms with Gasteiger partial charge in [0.2, 0.25) is 0 Å². The van der Waals surface area contributed by atoms with Gasteiger partial charge in [0.15, 0.2) is 16.5 Å². The Balaban J connectivity index is 1.99. The lowest BCUT2D eigenvalue weighted by Crippen LogP contribution is -2.30. The summed E-state index contributed by atoms with van der Waals surface area (Å²) < 4.78 is 46.1. The summed E-state index contributed by atoms with van der Waals surface area (Å²) in [7, 11) is 1.87. The van der Waals surface area contributed by atoms with Crippen molar-refractivity contribution in [3.8, 4) is 17.0 Å². The Labute approximate surface area is 151 Å². The molecule has 0 fully saturated rings. The third kappa shape index (κ3) is 2.54. The molecule has 4 heterocycles. The molecule has 0 spiro atoms. The minimum absolute atomic E-state index is 0.128. The molecule has 0 bridgehead atoms. The zero-order valence-electron chi connectivity index (χ0n) is 13.8. The number of alkyl halides is 3. The maximum Gasteiger partial charge on any atom is 0.433 e. The van der Waals surface area contributed by atoms with E-state index < -0.39 is 11.9 Å². The van der Waals surface area contributed by atoms with E-state index >= 15 is 0 Å². The van der Waals surface area contributed by atoms with E-state index in [1.54, 1.807) is 6.92 Å². The van der Waals surface area contributed by atoms with E-state index in [0.717, 1.165) is 12.3 Å². The molecule has 0 radical (unpaired) electrons. The lowest BCUT2D eigenvalue weighted by Gasteiger charge is -2.28. The first kappa shape index (κ1) is 16.9. The smallest absolute Gasteiger partial charge is 0.433 e. The summed E-state index contributed by atoms with van der Waals surface area (Å²) in [4.78, 5) is 9.84. The molecule has 10 heteroatoms. The Bertz CT molecular complexity index is 1020. The fraction of sp³-hybridized carbons (Fsp3) is 0.312. The number of aromatic nitrogens is 4. The molecule has 26 heavy (non-hydrogen) atoms. The number of hydrogen-bond donors (Lipinski definition) is 0. The number of nitrogens with zero attached hydrogens (tertiary/aromatic N) is 5. The molecular formula is C16H13ClF3N5O. The quantitative estimate of drug-likeness (QED) is 0.642. The maximum absolute atomic E-state index is 13.0. The van der Waals surface area contributed by atoms with Crippen molar-refractivity contribution >= 4 is 22.9 Å². The van der Waals surface area contributed by atoms with Crippen molar-refractivity contribution in [3.05, 3.63) is 34.9 Å². The molecule has 0 unspecified atom stereocenters. The Hall–Kier alpha value is -2.55. The first-order valence-corrected chi connectivity index (χ1v) is 8.11. The van der Waals surface area contributed by atoms with Crippen LogP contribution in [0.5, 0.6) is 5.75 Å². The van der Waals surface area contributed by atoms with Crippen LogP contribution in [0.2, 0.25) is 5.15 Å². The highest BCUT2D eigenvalue weighted by molar-refractivity contribution is 6.31. The summed E-state index contributed by atoms with van der Waals surface area (Å²) in [5, 5.41) is 4.41. The first-order chi connectivity index (χ1) is 12.3. The van der Waals surface area contributed by atoms with Crippen LogP contribution in [0.3, 0.4) is 0 Å². The molecule has 0 aromatic carbocycles. The monoisotopic (exact) mass is 383 g/mol. The normalized spacial score (nSPS) is 14.5. The number of likely N-dealkylation sites (N-methyl/N-ethyl adjacent to an activating group) is 1. The summed E-state index contributed by atoms with van der Waals surface area (Å²) >= 11 is 6.26. The Morgan fingerprint density at radius 2 is 2.08 bits per heavy atom. The fourth-order valence-electron chi connectivity index (χ4n) is 3.03. The Morgan fingerprint density at radius 3 is 2.81 bits per heavy atom. The molecule has 0 saturated heterocycles. The second-order valence-corrected chi connectivity index (χ2v) is 6.31. The highest BCUT2D eigenvalue weighted by Gasteiger charge is 2.33. The van der Waals surface area contributed by atoms with Gasteiger partial charge in [-0.2, -0.15) is 13.2 Å². The van der Waals surface area contributed by atoms with Crippen LogP contribution >= 0.6 is 11.6 Å². The van der Waals surface area contributed by atoms with E-state index in [9.17, 15) is 13.2 Å². The number of fused-ring (bicyclic) bond motifs is 3. The molecule has 0 atom stereocenters. The second-order valence-electron chi connectivity index (χ2n) is 5.95. The molecule has 136 valence electrons. The fourth-order valence-corrected chi connectivity index (χ4v) is 3.25. The van der Waals surface area contributed by atoms with Crippen molar-refractivity contribution in [2.24, 2.45) is 0 Å². The van der Waals surface area contributed by atoms with Crippen molar-refractivity contribution in [2.75, 3.05) is 25.1 Å². The van der Waals surface area contributed by atoms with Crippen LogP contribution in [0, 0.1) is 6.92 Å². The van der Waals surface area contributed by atoms with Gasteiger partial charge in [0.1, 0.15) is 18.0 Å². The van der Waals surface area contributed by atoms with Crippen molar-refractivity contribution in [1.82, 2.24) is 19.6 Å². The number of rotatable bonds is 1. The van der Waals surface area contributed by atoms with Gasteiger partial charge in [0, 0.05) is 18.8 Å². The van der Waals surface area contributed by atoms with E-state index in [0.29, 0.717) is 47.2 Å². The van der Waals surface area contributed by atoms with Crippen LogP contribution < -0.4 is 9.64 Å². The number of aryl methyl sites for hydroxylation is 1. The van der Waals surface area contributed by atoms with Gasteiger partial charge < -0.3 is 9.64 Å². The highest BCUT2D eigenvalue weighted by atomic mass is 35.5. The zero-order valence-corrected chi connectivity index (χ0v) is 14.6. The number of halogens is 4. The summed E-state index contributed by atoms with van der Waals surface area (Å²) in [5.41, 5.74) is 1.42. The number of imidazole rings is 1. The minimum atomic E-state index is -4.54. The van der Waals surface area contributed by atoms with E-state index in [-0.39, 0.29) is 5.15 Å². The molecule has 0 aliphatic carbocycles. The second kappa shape index (κ2) is 5.73. The molecule has 0 amide bonds. The largest absolute Gasteiger partial charge is 0.486 e. The first-order valence-electron chi connectivity index (χ1n) is 7.73. The van der Waals surface area contributed by atoms with Gasteiger partial charge in [0.05, 0.1) is 17.9 Å². The molecule has 3 aromatic heterocycles. The summed E-state index contributed by atoms with van der Waals surface area (Å²) in [6, 6.07) is 2.46. The van der Waals surface area contributed by atoms with Crippen molar-refractivity contribution in [1.29, 1.82) is 0 Å². The molecule has 4 rings (SSSR count). The molecule has 1 aliphatic heterocycles. The van der Waals surface area contributed by atoms with Gasteiger partial charge in [-0.3, -0.25) is 4.98 Å². The average Bonchev–Trinajstić information content (AvgIpc) is 2.90. The van der Waals surface area contributed by atoms with E-state index in [4.69, 9.17) is 16.3 Å². The van der Waals surface area contributed by atoms with Crippen molar-refractivity contribution < 1.29 is 17.9 Å². The van der Waals surface area contributed by atoms with E-state index in [2.05, 4.69) is 15.1 Å². The van der Waals surface area contributed by atoms with Gasteiger partial charge in [-0.05, 0) is 19.1 Å². The topological polar surface area (TPSA) is 55.6 Å². The number of anilines is 1. The minimum Gasteiger partial charge on any atom is -0.486 e. The van der Waals surface area contributed by atoms with Gasteiger partial charge >= 0.3 is 6.18 Å². The van der Waals surface area contributed by atoms with Crippen LogP contribution in [0.25, 0.3) is 16.9 Å². The van der Waals surface area contributed by atoms with Crippen LogP contribution in [-0.4, -0.2) is 39.8 Å². The Morgan fingerprint density at radius 1 is 1.31 bits per heavy atom. The molecule has 6 nitrogen and oxygen atoms in total. The summed E-state index contributed by atoms with van der Waals surface area (Å²) in [6.07, 6.45) is -3.42. The van der Waals surface area contributed by atoms with Crippen molar-refractivity contribution in [3.63, 3.8) is 0 Å². The molecule has 0 saturated carbocycles. The van der Waals surface area contributed by atoms with E-state index in [1.807, 2.05) is 11.9 Å². The number of ether oxygens (including phenoxy) is 1. The van der Waals surface area contributed by atoms with Gasteiger partial charge in [-0.15, -0.1) is 5.10 Å². The number of pyridine rings is 1. The third-order valence-electron chi connectivity index (χ3n) is 4.21. The van der Waals surface area contributed by atoms with Crippen molar-refractivity contribution in [2.45, 2.75) is 13.1 Å². The maximum atomic E-state index is 13.0. The Kier molecular flexibility index (Phi) is 3.72. The zero-order chi connectivity index (χ0) is 18.6. The lowest BCUT2D eigenvalue weighted by molar-refractivity contribution is -0.141. The van der Waals surface area contributed by atoms with Gasteiger partial charge in [-0.1, -0.05) is 11.6 Å². The van der Waals surface area contributed by atoms with Gasteiger partial charge in [-0.25, -0.2) is 9.50 Å². The van der Waals surface area contributed by atoms with E-state index in [1.165, 1.54) is 10.6 Å². The lowest BCUT2D eigenvalue weighted by atomic mass is 10.1. The summed E-state index contributed by atoms with van der Waals surface area (Å²) in [5.74, 6) is 0.426. The molecular weight excluding hydrogens is 371 g/mol. The number of hydrogen-bond acceptors (Lipinski definition) is 5. The SMILES string of the molecule is Cc1nc2c3c(c(Cl)nn2c1-c1ccnc(C(F)(F)F)c1)OCCN3C. The predicted molar refractivity (Wildman–Crippen MR) is 89.7 cm³/mol. The predicted octanol–water partition coefficient (Wildman–Crippen LogP) is 3.60. The molecule has 3 aromatic rings. The van der Waals surface area contributed by atoms with Gasteiger partial charge in [0.25, 0.3) is 0 Å². The molecule has 0 N–H and O–H groups in total. The molecule has 1 aliphatic rings. The van der Waals surface area contributed by atoms with Crippen LogP contribution in [0.15, 0.2) is 18.3 Å². The summed E-state index contributed by atoms with van der Waals surface area (Å²) in [6.45, 7) is 2.81. The van der Waals surface area contributed by atoms with Crippen LogP contribution in [0.4, 0.5) is 18.9 Å². The standard InChI is InChI=1S/C16H13ClF3N5O/c1-8-11(9-3-4-21-10(7-9)16(18,19)20)25-15(22-8)12-13(14(17)23-25)26-6-5-24(12)2/h3-4,7H,5-6H2,1-2H3.